The molecule has 0 aliphatic carbocycles. The topological polar surface area (TPSA) is 36.1 Å². The van der Waals surface area contributed by atoms with Crippen LogP contribution in [0, 0.1) is 0 Å². The minimum Gasteiger partial charge on any atom is -0.357 e. The fraction of sp³-hybridized carbons (Fsp3) is 0.250. The predicted octanol–water partition coefficient (Wildman–Crippen LogP) is 4.99. The number of carbonyl (C=O) groups excluding carboxylic acids is 1. The van der Waals surface area contributed by atoms with Crippen LogP contribution in [-0.2, 0) is 24.2 Å². The number of rotatable bonds is 3. The van der Waals surface area contributed by atoms with Crippen molar-refractivity contribution >= 4 is 40.0 Å². The second-order valence-electron chi connectivity index (χ2n) is 6.46. The lowest BCUT2D eigenvalue weighted by Gasteiger charge is -2.27. The van der Waals surface area contributed by atoms with Gasteiger partial charge in [0.2, 0.25) is 5.91 Å². The van der Waals surface area contributed by atoms with Gasteiger partial charge in [-0.15, -0.1) is 0 Å². The van der Waals surface area contributed by atoms with Crippen LogP contribution in [0.25, 0.3) is 10.9 Å². The number of aromatic nitrogens is 1. The van der Waals surface area contributed by atoms with E-state index in [2.05, 4.69) is 4.98 Å². The van der Waals surface area contributed by atoms with Gasteiger partial charge in [0, 0.05) is 39.6 Å². The van der Waals surface area contributed by atoms with Crippen molar-refractivity contribution < 1.29 is 4.79 Å². The van der Waals surface area contributed by atoms with Crippen LogP contribution >= 0.6 is 23.2 Å². The molecule has 0 radical (unpaired) electrons. The average Bonchev–Trinajstić information content (AvgIpc) is 2.98. The Morgan fingerprint density at radius 2 is 1.84 bits per heavy atom. The van der Waals surface area contributed by atoms with E-state index in [1.807, 2.05) is 47.4 Å². The van der Waals surface area contributed by atoms with E-state index in [1.165, 1.54) is 10.9 Å². The van der Waals surface area contributed by atoms with Crippen molar-refractivity contribution in [1.29, 1.82) is 0 Å². The second-order valence-corrected chi connectivity index (χ2v) is 7.34. The summed E-state index contributed by atoms with van der Waals surface area (Å²) in [5.41, 5.74) is 4.64. The van der Waals surface area contributed by atoms with Gasteiger partial charge in [-0.2, -0.15) is 0 Å². The molecule has 0 atom stereocenters. The van der Waals surface area contributed by atoms with E-state index in [0.29, 0.717) is 13.0 Å². The summed E-state index contributed by atoms with van der Waals surface area (Å²) < 4.78 is 0. The van der Waals surface area contributed by atoms with Gasteiger partial charge in [-0.1, -0.05) is 35.3 Å². The summed E-state index contributed by atoms with van der Waals surface area (Å²) in [5.74, 6) is 0.192. The summed E-state index contributed by atoms with van der Waals surface area (Å²) in [6.07, 6.45) is 2.12. The Labute approximate surface area is 156 Å². The molecule has 1 aromatic heterocycles. The molecule has 2 heterocycles. The number of carbonyl (C=O) groups is 1. The minimum atomic E-state index is 0.192. The first-order valence-corrected chi connectivity index (χ1v) is 9.17. The molecule has 1 amide bonds. The van der Waals surface area contributed by atoms with Crippen LogP contribution in [0.5, 0.6) is 0 Å². The first-order valence-electron chi connectivity index (χ1n) is 8.41. The van der Waals surface area contributed by atoms with Crippen LogP contribution in [0.3, 0.4) is 0 Å². The van der Waals surface area contributed by atoms with Gasteiger partial charge in [0.1, 0.15) is 0 Å². The van der Waals surface area contributed by atoms with Crippen LogP contribution in [-0.4, -0.2) is 22.3 Å². The van der Waals surface area contributed by atoms with Crippen LogP contribution < -0.4 is 0 Å². The molecule has 0 bridgehead atoms. The zero-order valence-corrected chi connectivity index (χ0v) is 15.2. The highest BCUT2D eigenvalue weighted by atomic mass is 35.5. The molecule has 1 N–H and O–H groups in total. The Morgan fingerprint density at radius 1 is 1.08 bits per heavy atom. The molecular weight excluding hydrogens is 355 g/mol. The normalized spacial score (nSPS) is 13.9. The number of hydrogen-bond donors (Lipinski definition) is 1. The lowest BCUT2D eigenvalue weighted by Crippen LogP contribution is -2.36. The molecular formula is C20H18Cl2N2O. The minimum absolute atomic E-state index is 0.192. The first-order chi connectivity index (χ1) is 12.1. The van der Waals surface area contributed by atoms with Gasteiger partial charge < -0.3 is 9.88 Å². The van der Waals surface area contributed by atoms with Crippen molar-refractivity contribution in [2.45, 2.75) is 25.8 Å². The number of aryl methyl sites for hydroxylation is 1. The Balaban J connectivity index is 1.45. The fourth-order valence-electron chi connectivity index (χ4n) is 3.49. The highest BCUT2D eigenvalue weighted by molar-refractivity contribution is 6.31. The highest BCUT2D eigenvalue weighted by Gasteiger charge is 2.23. The number of hydrogen-bond acceptors (Lipinski definition) is 1. The molecule has 0 fully saturated rings. The van der Waals surface area contributed by atoms with Gasteiger partial charge >= 0.3 is 0 Å². The van der Waals surface area contributed by atoms with E-state index in [9.17, 15) is 4.79 Å². The molecule has 128 valence electrons. The van der Waals surface area contributed by atoms with Crippen LogP contribution in [0.1, 0.15) is 23.2 Å². The van der Waals surface area contributed by atoms with E-state index in [1.54, 1.807) is 0 Å². The van der Waals surface area contributed by atoms with Gasteiger partial charge in [-0.05, 0) is 54.3 Å². The number of fused-ring (bicyclic) bond motifs is 3. The second kappa shape index (κ2) is 6.74. The Bertz CT molecular complexity index is 931. The summed E-state index contributed by atoms with van der Waals surface area (Å²) in [6, 6.07) is 13.6. The third kappa shape index (κ3) is 3.39. The molecule has 0 unspecified atom stereocenters. The van der Waals surface area contributed by atoms with Crippen molar-refractivity contribution in [3.05, 3.63) is 69.3 Å². The first kappa shape index (κ1) is 16.5. The van der Waals surface area contributed by atoms with E-state index < -0.39 is 0 Å². The standard InChI is InChI=1S/C20H18Cl2N2O/c21-14-4-1-13(2-5-14)3-8-20(25)24-10-9-16-17-11-15(22)6-7-18(17)23-19(16)12-24/h1-2,4-7,11,23H,3,8-10,12H2. The van der Waals surface area contributed by atoms with Crippen molar-refractivity contribution in [3.63, 3.8) is 0 Å². The van der Waals surface area contributed by atoms with Crippen molar-refractivity contribution in [2.24, 2.45) is 0 Å². The van der Waals surface area contributed by atoms with E-state index in [4.69, 9.17) is 23.2 Å². The maximum atomic E-state index is 12.6. The third-order valence-corrected chi connectivity index (χ3v) is 5.32. The number of amides is 1. The Kier molecular flexibility index (Phi) is 4.45. The molecule has 5 heteroatoms. The van der Waals surface area contributed by atoms with Crippen molar-refractivity contribution in [2.75, 3.05) is 6.54 Å². The summed E-state index contributed by atoms with van der Waals surface area (Å²) in [5, 5.41) is 2.64. The van der Waals surface area contributed by atoms with Crippen LogP contribution in [0.15, 0.2) is 42.5 Å². The van der Waals surface area contributed by atoms with Gasteiger partial charge in [0.25, 0.3) is 0 Å². The lowest BCUT2D eigenvalue weighted by atomic mass is 10.0. The Morgan fingerprint density at radius 3 is 2.64 bits per heavy atom. The Hall–Kier alpha value is -1.97. The number of H-pyrrole nitrogens is 1. The zero-order chi connectivity index (χ0) is 17.4. The number of nitrogens with zero attached hydrogens (tertiary/aromatic N) is 1. The number of halogens is 2. The summed E-state index contributed by atoms with van der Waals surface area (Å²) in [7, 11) is 0. The van der Waals surface area contributed by atoms with E-state index in [0.717, 1.165) is 46.2 Å². The SMILES string of the molecule is O=C(CCc1ccc(Cl)cc1)N1CCc2c([nH]c3ccc(Cl)cc23)C1. The summed E-state index contributed by atoms with van der Waals surface area (Å²) in [6.45, 7) is 1.40. The van der Waals surface area contributed by atoms with Gasteiger partial charge in [-0.25, -0.2) is 0 Å². The van der Waals surface area contributed by atoms with Gasteiger partial charge in [-0.3, -0.25) is 4.79 Å². The molecule has 1 aliphatic heterocycles. The van der Waals surface area contributed by atoms with Crippen LogP contribution in [0.4, 0.5) is 0 Å². The smallest absolute Gasteiger partial charge is 0.223 e. The molecule has 3 aromatic rings. The van der Waals surface area contributed by atoms with Crippen LogP contribution in [0.2, 0.25) is 10.0 Å². The zero-order valence-electron chi connectivity index (χ0n) is 13.7. The molecule has 1 aliphatic rings. The molecule has 3 nitrogen and oxygen atoms in total. The molecule has 0 saturated carbocycles. The fourth-order valence-corrected chi connectivity index (χ4v) is 3.78. The molecule has 2 aromatic carbocycles. The summed E-state index contributed by atoms with van der Waals surface area (Å²) in [4.78, 5) is 18.0. The molecule has 0 spiro atoms. The van der Waals surface area contributed by atoms with Gasteiger partial charge in [0.05, 0.1) is 6.54 Å². The summed E-state index contributed by atoms with van der Waals surface area (Å²) >= 11 is 12.0. The number of benzene rings is 2. The van der Waals surface area contributed by atoms with E-state index in [-0.39, 0.29) is 5.91 Å². The average molecular weight is 373 g/mol. The quantitative estimate of drug-likeness (QED) is 0.690. The maximum Gasteiger partial charge on any atom is 0.223 e. The molecule has 4 rings (SSSR count). The molecule has 25 heavy (non-hydrogen) atoms. The maximum absolute atomic E-state index is 12.6. The van der Waals surface area contributed by atoms with Crippen molar-refractivity contribution in [1.82, 2.24) is 9.88 Å². The third-order valence-electron chi connectivity index (χ3n) is 4.83. The lowest BCUT2D eigenvalue weighted by molar-refractivity contribution is -0.132. The molecule has 0 saturated heterocycles. The highest BCUT2D eigenvalue weighted by Crippen LogP contribution is 2.29. The number of nitrogens with one attached hydrogen (secondary N) is 1. The van der Waals surface area contributed by atoms with Gasteiger partial charge in [0.15, 0.2) is 0 Å². The van der Waals surface area contributed by atoms with Crippen molar-refractivity contribution in [3.8, 4) is 0 Å². The predicted molar refractivity (Wildman–Crippen MR) is 102 cm³/mol. The van der Waals surface area contributed by atoms with E-state index >= 15 is 0 Å². The number of aromatic amines is 1. The monoisotopic (exact) mass is 372 g/mol. The largest absolute Gasteiger partial charge is 0.357 e.